The summed E-state index contributed by atoms with van der Waals surface area (Å²) in [7, 11) is -3.58. The molecule has 0 spiro atoms. The largest absolute Gasteiger partial charge is 0.348 e. The van der Waals surface area contributed by atoms with Gasteiger partial charge in [0.2, 0.25) is 17.6 Å². The first-order valence-electron chi connectivity index (χ1n) is 20.3. The Morgan fingerprint density at radius 3 is 2.06 bits per heavy atom. The van der Waals surface area contributed by atoms with Crippen LogP contribution in [0.5, 0.6) is 0 Å². The zero-order valence-electron chi connectivity index (χ0n) is 33.9. The van der Waals surface area contributed by atoms with Crippen molar-refractivity contribution in [1.82, 2.24) is 26.2 Å². The van der Waals surface area contributed by atoms with Crippen LogP contribution in [0.4, 0.5) is 4.79 Å². The van der Waals surface area contributed by atoms with E-state index >= 15 is 4.79 Å². The van der Waals surface area contributed by atoms with Gasteiger partial charge in [-0.15, -0.1) is 12.3 Å². The second-order valence-electron chi connectivity index (χ2n) is 18.9. The highest BCUT2D eigenvalue weighted by molar-refractivity contribution is 7.92. The number of urea groups is 1. The third-order valence-electron chi connectivity index (χ3n) is 13.0. The number of sulfone groups is 1. The number of ketones is 1. The molecule has 4 N–H and O–H groups in total. The molecule has 3 saturated carbocycles. The molecule has 4 aliphatic rings. The molecule has 4 rings (SSSR count). The maximum absolute atomic E-state index is 15.1. The number of rotatable bonds is 14. The SMILES string of the molecule is C#CCCNC(=O)C(=O)C(CC1CC1)NC(=O)[C@@H]1CC(C)(C)C(C)CN1C(=O)[C@@H](NC(=O)NC1(CS(=O)(=O)C(C)(C)C)CCCCC1)C1(C)CCCCC1. The van der Waals surface area contributed by atoms with Crippen molar-refractivity contribution in [3.05, 3.63) is 0 Å². The summed E-state index contributed by atoms with van der Waals surface area (Å²) in [5.41, 5.74) is -1.90. The van der Waals surface area contributed by atoms with Gasteiger partial charge in [-0.05, 0) is 82.0 Å². The summed E-state index contributed by atoms with van der Waals surface area (Å²) in [6.07, 6.45) is 15.8. The van der Waals surface area contributed by atoms with Crippen LogP contribution in [0, 0.1) is 35.0 Å². The minimum absolute atomic E-state index is 0.0121. The molecule has 1 aliphatic heterocycles. The Kier molecular flexibility index (Phi) is 14.0. The van der Waals surface area contributed by atoms with Crippen LogP contribution in [0.1, 0.15) is 145 Å². The Bertz CT molecular complexity index is 1550. The van der Waals surface area contributed by atoms with E-state index in [1.165, 1.54) is 0 Å². The second kappa shape index (κ2) is 17.3. The number of Topliss-reactive ketones (excluding diaryl/α,β-unsaturated/α-hetero) is 1. The Morgan fingerprint density at radius 1 is 0.907 bits per heavy atom. The smallest absolute Gasteiger partial charge is 0.315 e. The fourth-order valence-electron chi connectivity index (χ4n) is 8.51. The highest BCUT2D eigenvalue weighted by Crippen LogP contribution is 2.43. The van der Waals surface area contributed by atoms with E-state index in [1.54, 1.807) is 25.7 Å². The summed E-state index contributed by atoms with van der Waals surface area (Å²) in [4.78, 5) is 71.3. The van der Waals surface area contributed by atoms with E-state index in [2.05, 4.69) is 41.0 Å². The maximum Gasteiger partial charge on any atom is 0.315 e. The Labute approximate surface area is 324 Å². The third-order valence-corrected chi connectivity index (χ3v) is 15.8. The Hall–Kier alpha value is -3.14. The molecule has 4 fully saturated rings. The monoisotopic (exact) mass is 773 g/mol. The molecule has 304 valence electrons. The number of carbonyl (C=O) groups is 5. The first kappa shape index (κ1) is 43.6. The Morgan fingerprint density at radius 2 is 1.50 bits per heavy atom. The van der Waals surface area contributed by atoms with Crippen molar-refractivity contribution in [3.8, 4) is 12.3 Å². The predicted octanol–water partition coefficient (Wildman–Crippen LogP) is 4.80. The lowest BCUT2D eigenvalue weighted by Gasteiger charge is -2.50. The number of nitrogens with one attached hydrogen (secondary N) is 4. The molecule has 5 amide bonds. The van der Waals surface area contributed by atoms with Crippen molar-refractivity contribution in [3.63, 3.8) is 0 Å². The maximum atomic E-state index is 15.1. The topological polar surface area (TPSA) is 171 Å². The van der Waals surface area contributed by atoms with Gasteiger partial charge >= 0.3 is 6.03 Å². The van der Waals surface area contributed by atoms with Crippen LogP contribution in [0.3, 0.4) is 0 Å². The minimum Gasteiger partial charge on any atom is -0.348 e. The van der Waals surface area contributed by atoms with Gasteiger partial charge in [0.1, 0.15) is 12.1 Å². The standard InChI is InChI=1S/C41H67N5O7S/c1-9-10-23-42-35(49)32(47)30(24-29-17-18-29)43-34(48)31-25-39(6,7)28(2)26-46(31)36(50)33(40(8)19-13-11-14-20-40)44-37(51)45-41(21-15-12-16-22-41)27-54(52,53)38(3,4)5/h1,28-31,33H,10-27H2,2-8H3,(H,42,49)(H,43,48)(H2,44,45,51)/t28?,30?,31-,33+/m0/s1. The van der Waals surface area contributed by atoms with E-state index in [9.17, 15) is 27.6 Å². The van der Waals surface area contributed by atoms with Crippen LogP contribution in [0.25, 0.3) is 0 Å². The van der Waals surface area contributed by atoms with Crippen molar-refractivity contribution < 1.29 is 32.4 Å². The lowest BCUT2D eigenvalue weighted by atomic mass is 9.68. The molecule has 0 bridgehead atoms. The van der Waals surface area contributed by atoms with Gasteiger partial charge in [-0.3, -0.25) is 19.2 Å². The zero-order chi connectivity index (χ0) is 40.1. The van der Waals surface area contributed by atoms with Gasteiger partial charge < -0.3 is 26.2 Å². The number of nitrogens with zero attached hydrogens (tertiary/aromatic N) is 1. The number of hydrogen-bond acceptors (Lipinski definition) is 7. The molecule has 0 aromatic carbocycles. The number of amides is 5. The summed E-state index contributed by atoms with van der Waals surface area (Å²) >= 11 is 0. The van der Waals surface area contributed by atoms with E-state index in [4.69, 9.17) is 6.42 Å². The molecule has 4 atom stereocenters. The average Bonchev–Trinajstić information content (AvgIpc) is 3.91. The molecule has 0 radical (unpaired) electrons. The molecular weight excluding hydrogens is 707 g/mol. The number of likely N-dealkylation sites (tertiary alicyclic amines) is 1. The molecule has 0 aromatic rings. The van der Waals surface area contributed by atoms with Crippen LogP contribution in [-0.4, -0.2) is 90.1 Å². The number of terminal acetylenes is 1. The predicted molar refractivity (Wildman–Crippen MR) is 210 cm³/mol. The first-order valence-corrected chi connectivity index (χ1v) is 22.0. The van der Waals surface area contributed by atoms with Gasteiger partial charge in [0.15, 0.2) is 9.84 Å². The van der Waals surface area contributed by atoms with Gasteiger partial charge in [0, 0.05) is 19.5 Å². The lowest BCUT2D eigenvalue weighted by molar-refractivity contribution is -0.152. The van der Waals surface area contributed by atoms with Crippen LogP contribution in [0.2, 0.25) is 0 Å². The van der Waals surface area contributed by atoms with Crippen LogP contribution in [-0.2, 0) is 29.0 Å². The van der Waals surface area contributed by atoms with Gasteiger partial charge in [-0.25, -0.2) is 13.2 Å². The molecule has 13 heteroatoms. The fraction of sp³-hybridized carbons (Fsp3) is 0.829. The number of piperidine rings is 1. The van der Waals surface area contributed by atoms with E-state index < -0.39 is 67.3 Å². The van der Waals surface area contributed by atoms with Crippen LogP contribution in [0.15, 0.2) is 0 Å². The van der Waals surface area contributed by atoms with Gasteiger partial charge in [0.25, 0.3) is 5.91 Å². The molecule has 54 heavy (non-hydrogen) atoms. The highest BCUT2D eigenvalue weighted by Gasteiger charge is 2.51. The number of carbonyl (C=O) groups excluding carboxylic acids is 5. The summed E-state index contributed by atoms with van der Waals surface area (Å²) in [5, 5.41) is 11.6. The molecule has 3 aliphatic carbocycles. The summed E-state index contributed by atoms with van der Waals surface area (Å²) in [6, 6.07) is -3.54. The van der Waals surface area contributed by atoms with E-state index in [-0.39, 0.29) is 48.4 Å². The van der Waals surface area contributed by atoms with Crippen LogP contribution >= 0.6 is 0 Å². The summed E-state index contributed by atoms with van der Waals surface area (Å²) in [5.74, 6) is 0.0912. The van der Waals surface area contributed by atoms with Gasteiger partial charge in [0.05, 0.1) is 22.1 Å². The van der Waals surface area contributed by atoms with Crippen molar-refractivity contribution in [2.24, 2.45) is 22.7 Å². The minimum atomic E-state index is -3.58. The van der Waals surface area contributed by atoms with Crippen molar-refractivity contribution in [2.45, 2.75) is 173 Å². The molecule has 12 nitrogen and oxygen atoms in total. The fourth-order valence-corrected chi connectivity index (χ4v) is 10.0. The van der Waals surface area contributed by atoms with Gasteiger partial charge in [-0.2, -0.15) is 0 Å². The van der Waals surface area contributed by atoms with Crippen LogP contribution < -0.4 is 21.3 Å². The molecule has 2 unspecified atom stereocenters. The molecular formula is C41H67N5O7S. The lowest BCUT2D eigenvalue weighted by Crippen LogP contribution is -2.67. The van der Waals surface area contributed by atoms with Crippen molar-refractivity contribution >= 4 is 39.4 Å². The average molecular weight is 774 g/mol. The van der Waals surface area contributed by atoms with E-state index in [1.807, 2.05) is 13.8 Å². The quantitative estimate of drug-likeness (QED) is 0.112. The zero-order valence-corrected chi connectivity index (χ0v) is 34.7. The molecule has 1 saturated heterocycles. The summed E-state index contributed by atoms with van der Waals surface area (Å²) in [6.45, 7) is 13.6. The van der Waals surface area contributed by atoms with Crippen molar-refractivity contribution in [2.75, 3.05) is 18.8 Å². The second-order valence-corrected chi connectivity index (χ2v) is 21.6. The van der Waals surface area contributed by atoms with Gasteiger partial charge in [-0.1, -0.05) is 79.1 Å². The summed E-state index contributed by atoms with van der Waals surface area (Å²) < 4.78 is 26.0. The third kappa shape index (κ3) is 10.8. The van der Waals surface area contributed by atoms with Crippen molar-refractivity contribution in [1.29, 1.82) is 0 Å². The molecule has 1 heterocycles. The normalized spacial score (nSPS) is 24.9. The highest BCUT2D eigenvalue weighted by atomic mass is 32.2. The molecule has 0 aromatic heterocycles. The first-order chi connectivity index (χ1) is 25.1. The Balaban J connectivity index is 1.63. The van der Waals surface area contributed by atoms with E-state index in [0.29, 0.717) is 38.5 Å². The van der Waals surface area contributed by atoms with E-state index in [0.717, 1.165) is 51.4 Å². The number of hydrogen-bond donors (Lipinski definition) is 4.